The summed E-state index contributed by atoms with van der Waals surface area (Å²) < 4.78 is 52.0. The molecule has 10 heteroatoms. The third-order valence-electron chi connectivity index (χ3n) is 5.18. The number of nitrogens with one attached hydrogen (secondary N) is 1. The van der Waals surface area contributed by atoms with Gasteiger partial charge in [-0.1, -0.05) is 47.5 Å². The lowest BCUT2D eigenvalue weighted by Crippen LogP contribution is -2.20. The average Bonchev–Trinajstić information content (AvgIpc) is 2.80. The van der Waals surface area contributed by atoms with Gasteiger partial charge in [0.1, 0.15) is 11.3 Å². The Kier molecular flexibility index (Phi) is 6.78. The number of amides is 1. The molecule has 4 aromatic rings. The molecule has 1 heterocycles. The van der Waals surface area contributed by atoms with Crippen LogP contribution in [0.1, 0.15) is 11.3 Å². The molecule has 0 atom stereocenters. The topological polar surface area (TPSA) is 68.5 Å². The van der Waals surface area contributed by atoms with Crippen molar-refractivity contribution in [2.75, 3.05) is 11.9 Å². The molecular formula is C25H16Cl2F3NO4. The number of carbonyl (C=O) groups is 1. The molecule has 180 valence electrons. The third-order valence-corrected chi connectivity index (χ3v) is 5.92. The predicted octanol–water partition coefficient (Wildman–Crippen LogP) is 7.11. The molecule has 4 rings (SSSR count). The van der Waals surface area contributed by atoms with Crippen molar-refractivity contribution in [1.82, 2.24) is 0 Å². The molecule has 1 amide bonds. The van der Waals surface area contributed by atoms with Crippen LogP contribution in [-0.4, -0.2) is 12.5 Å². The van der Waals surface area contributed by atoms with E-state index in [1.54, 1.807) is 25.1 Å². The van der Waals surface area contributed by atoms with Gasteiger partial charge < -0.3 is 14.5 Å². The van der Waals surface area contributed by atoms with Gasteiger partial charge in [0.25, 0.3) is 5.91 Å². The Bertz CT molecular complexity index is 1500. The van der Waals surface area contributed by atoms with Crippen molar-refractivity contribution < 1.29 is 27.1 Å². The Hall–Kier alpha value is -3.49. The summed E-state index contributed by atoms with van der Waals surface area (Å²) in [7, 11) is 0. The summed E-state index contributed by atoms with van der Waals surface area (Å²) in [5.74, 6) is -1.95. The Labute approximate surface area is 207 Å². The van der Waals surface area contributed by atoms with Crippen LogP contribution in [0.3, 0.4) is 0 Å². The van der Waals surface area contributed by atoms with Gasteiger partial charge in [0, 0.05) is 27.4 Å². The van der Waals surface area contributed by atoms with Crippen LogP contribution >= 0.6 is 23.2 Å². The molecule has 0 aliphatic rings. The molecule has 0 aliphatic heterocycles. The minimum atomic E-state index is -4.96. The molecule has 0 spiro atoms. The van der Waals surface area contributed by atoms with E-state index in [0.717, 1.165) is 6.07 Å². The third kappa shape index (κ3) is 5.13. The van der Waals surface area contributed by atoms with Gasteiger partial charge in [-0.15, -0.1) is 0 Å². The Balaban J connectivity index is 1.66. The quantitative estimate of drug-likeness (QED) is 0.303. The van der Waals surface area contributed by atoms with Gasteiger partial charge in [0.15, 0.2) is 6.61 Å². The molecule has 35 heavy (non-hydrogen) atoms. The summed E-state index contributed by atoms with van der Waals surface area (Å²) >= 11 is 12.1. The second-order valence-corrected chi connectivity index (χ2v) is 8.33. The Morgan fingerprint density at radius 3 is 2.46 bits per heavy atom. The summed E-state index contributed by atoms with van der Waals surface area (Å²) in [4.78, 5) is 25.3. The van der Waals surface area contributed by atoms with Crippen molar-refractivity contribution in [3.05, 3.63) is 92.3 Å². The molecule has 0 saturated heterocycles. The molecule has 0 unspecified atom stereocenters. The fraction of sp³-hybridized carbons (Fsp3) is 0.120. The van der Waals surface area contributed by atoms with Crippen LogP contribution < -0.4 is 15.5 Å². The number of rotatable bonds is 5. The molecule has 0 fully saturated rings. The van der Waals surface area contributed by atoms with E-state index in [-0.39, 0.29) is 27.3 Å². The highest BCUT2D eigenvalue weighted by atomic mass is 35.5. The van der Waals surface area contributed by atoms with E-state index < -0.39 is 35.4 Å². The molecule has 5 nitrogen and oxygen atoms in total. The molecule has 3 aromatic carbocycles. The van der Waals surface area contributed by atoms with Crippen LogP contribution in [0, 0.1) is 6.92 Å². The first kappa shape index (κ1) is 24.6. The molecule has 1 aromatic heterocycles. The van der Waals surface area contributed by atoms with Gasteiger partial charge in [-0.25, -0.2) is 0 Å². The average molecular weight is 522 g/mol. The SMILES string of the molecule is Cc1c(Cl)cccc1NC(=O)COc1ccc2c(=O)c(-c3ccccc3Cl)c(C(F)(F)F)oc2c1. The highest BCUT2D eigenvalue weighted by Gasteiger charge is 2.39. The summed E-state index contributed by atoms with van der Waals surface area (Å²) in [6.45, 7) is 1.30. The van der Waals surface area contributed by atoms with Crippen molar-refractivity contribution in [1.29, 1.82) is 0 Å². The maximum Gasteiger partial charge on any atom is 0.450 e. The molecular weight excluding hydrogens is 506 g/mol. The van der Waals surface area contributed by atoms with Crippen molar-refractivity contribution in [2.24, 2.45) is 0 Å². The zero-order valence-electron chi connectivity index (χ0n) is 18.0. The van der Waals surface area contributed by atoms with E-state index in [1.165, 1.54) is 36.4 Å². The monoisotopic (exact) mass is 521 g/mol. The Morgan fingerprint density at radius 2 is 1.74 bits per heavy atom. The summed E-state index contributed by atoms with van der Waals surface area (Å²) in [6.07, 6.45) is -4.96. The number of hydrogen-bond donors (Lipinski definition) is 1. The number of carbonyl (C=O) groups excluding carboxylic acids is 1. The number of hydrogen-bond acceptors (Lipinski definition) is 4. The number of benzene rings is 3. The Morgan fingerprint density at radius 1 is 1.03 bits per heavy atom. The van der Waals surface area contributed by atoms with Gasteiger partial charge in [-0.2, -0.15) is 13.2 Å². The van der Waals surface area contributed by atoms with Crippen LogP contribution in [-0.2, 0) is 11.0 Å². The summed E-state index contributed by atoms with van der Waals surface area (Å²) in [6, 6.07) is 14.5. The van der Waals surface area contributed by atoms with Gasteiger partial charge >= 0.3 is 6.18 Å². The van der Waals surface area contributed by atoms with E-state index in [2.05, 4.69) is 5.32 Å². The minimum absolute atomic E-state index is 0.0226. The number of halogens is 5. The van der Waals surface area contributed by atoms with E-state index in [9.17, 15) is 22.8 Å². The normalized spacial score (nSPS) is 11.5. The molecule has 0 aliphatic carbocycles. The zero-order chi connectivity index (χ0) is 25.3. The molecule has 0 saturated carbocycles. The molecule has 0 bridgehead atoms. The van der Waals surface area contributed by atoms with Crippen LogP contribution in [0.15, 0.2) is 69.9 Å². The lowest BCUT2D eigenvalue weighted by molar-refractivity contribution is -0.152. The van der Waals surface area contributed by atoms with Gasteiger partial charge in [-0.3, -0.25) is 9.59 Å². The smallest absolute Gasteiger partial charge is 0.450 e. The minimum Gasteiger partial charge on any atom is -0.484 e. The number of fused-ring (bicyclic) bond motifs is 1. The van der Waals surface area contributed by atoms with Crippen molar-refractivity contribution in [3.8, 4) is 16.9 Å². The van der Waals surface area contributed by atoms with Crippen LogP contribution in [0.25, 0.3) is 22.1 Å². The lowest BCUT2D eigenvalue weighted by Gasteiger charge is -2.14. The van der Waals surface area contributed by atoms with Crippen LogP contribution in [0.5, 0.6) is 5.75 Å². The first-order valence-electron chi connectivity index (χ1n) is 10.2. The largest absolute Gasteiger partial charge is 0.484 e. The van der Waals surface area contributed by atoms with E-state index in [0.29, 0.717) is 16.3 Å². The molecule has 0 radical (unpaired) electrons. The second kappa shape index (κ2) is 9.64. The van der Waals surface area contributed by atoms with Gasteiger partial charge in [-0.05, 0) is 42.8 Å². The maximum atomic E-state index is 13.8. The van der Waals surface area contributed by atoms with Crippen molar-refractivity contribution >= 4 is 45.8 Å². The maximum absolute atomic E-state index is 13.8. The number of ether oxygens (including phenoxy) is 1. The molecule has 1 N–H and O–H groups in total. The fourth-order valence-corrected chi connectivity index (χ4v) is 3.85. The van der Waals surface area contributed by atoms with E-state index >= 15 is 0 Å². The zero-order valence-corrected chi connectivity index (χ0v) is 19.5. The fourth-order valence-electron chi connectivity index (χ4n) is 3.45. The standard InChI is InChI=1S/C25H16Cl2F3NO4/c1-13-17(26)7-4-8-19(13)31-21(32)12-34-14-9-10-16-20(11-14)35-24(25(28,29)30)22(23(16)33)15-5-2-3-6-18(15)27/h2-11H,12H2,1H3,(H,31,32). The lowest BCUT2D eigenvalue weighted by atomic mass is 10.0. The van der Waals surface area contributed by atoms with Crippen molar-refractivity contribution in [2.45, 2.75) is 13.1 Å². The summed E-state index contributed by atoms with van der Waals surface area (Å²) in [5.41, 5.74) is -0.846. The van der Waals surface area contributed by atoms with Gasteiger partial charge in [0.05, 0.1) is 10.9 Å². The van der Waals surface area contributed by atoms with E-state index in [1.807, 2.05) is 0 Å². The predicted molar refractivity (Wildman–Crippen MR) is 128 cm³/mol. The highest BCUT2D eigenvalue weighted by Crippen LogP contribution is 2.39. The number of alkyl halides is 3. The first-order chi connectivity index (χ1) is 16.6. The number of anilines is 1. The highest BCUT2D eigenvalue weighted by molar-refractivity contribution is 6.33. The summed E-state index contributed by atoms with van der Waals surface area (Å²) in [5, 5.41) is 3.00. The van der Waals surface area contributed by atoms with Crippen molar-refractivity contribution in [3.63, 3.8) is 0 Å². The second-order valence-electron chi connectivity index (χ2n) is 7.52. The van der Waals surface area contributed by atoms with E-state index in [4.69, 9.17) is 32.4 Å². The first-order valence-corrected chi connectivity index (χ1v) is 10.9. The van der Waals surface area contributed by atoms with Crippen LogP contribution in [0.2, 0.25) is 10.0 Å². The van der Waals surface area contributed by atoms with Crippen LogP contribution in [0.4, 0.5) is 18.9 Å². The van der Waals surface area contributed by atoms with Gasteiger partial charge in [0.2, 0.25) is 11.2 Å².